The molecule has 0 radical (unpaired) electrons. The van der Waals surface area contributed by atoms with E-state index in [9.17, 15) is 13.2 Å². The molecule has 1 N–H and O–H groups in total. The summed E-state index contributed by atoms with van der Waals surface area (Å²) in [4.78, 5) is 11.5. The third-order valence-corrected chi connectivity index (χ3v) is 4.55. The molecule has 1 atom stereocenters. The molecule has 1 saturated carbocycles. The number of carbonyl (C=O) groups is 1. The predicted molar refractivity (Wildman–Crippen MR) is 59.3 cm³/mol. The minimum absolute atomic E-state index is 0.371. The molecule has 0 aliphatic heterocycles. The lowest BCUT2D eigenvalue weighted by Gasteiger charge is -2.13. The van der Waals surface area contributed by atoms with E-state index < -0.39 is 15.1 Å². The largest absolute Gasteiger partial charge is 0.355 e. The molecule has 88 valence electrons. The van der Waals surface area contributed by atoms with Crippen molar-refractivity contribution in [2.45, 2.75) is 37.9 Å². The summed E-state index contributed by atoms with van der Waals surface area (Å²) in [6.45, 7) is 2.05. The first kappa shape index (κ1) is 12.5. The first-order valence-corrected chi connectivity index (χ1v) is 7.33. The van der Waals surface area contributed by atoms with E-state index in [0.29, 0.717) is 12.5 Å². The number of nitrogens with one attached hydrogen (secondary N) is 1. The van der Waals surface area contributed by atoms with Crippen molar-refractivity contribution in [3.8, 4) is 0 Å². The van der Waals surface area contributed by atoms with Crippen LogP contribution in [0.2, 0.25) is 0 Å². The van der Waals surface area contributed by atoms with Crippen LogP contribution >= 0.6 is 0 Å². The highest BCUT2D eigenvalue weighted by atomic mass is 32.2. The van der Waals surface area contributed by atoms with Gasteiger partial charge in [0.1, 0.15) is 5.25 Å². The number of hydrogen-bond donors (Lipinski definition) is 1. The third kappa shape index (κ3) is 3.81. The zero-order valence-electron chi connectivity index (χ0n) is 9.32. The van der Waals surface area contributed by atoms with Gasteiger partial charge < -0.3 is 5.32 Å². The molecule has 0 spiro atoms. The Morgan fingerprint density at radius 3 is 2.40 bits per heavy atom. The number of sulfone groups is 1. The molecule has 15 heavy (non-hydrogen) atoms. The smallest absolute Gasteiger partial charge is 0.238 e. The maximum absolute atomic E-state index is 11.5. The van der Waals surface area contributed by atoms with Gasteiger partial charge in [0.25, 0.3) is 0 Å². The summed E-state index contributed by atoms with van der Waals surface area (Å²) in [6, 6.07) is 0. The van der Waals surface area contributed by atoms with Gasteiger partial charge in [0.15, 0.2) is 9.84 Å². The Kier molecular flexibility index (Phi) is 4.13. The van der Waals surface area contributed by atoms with Gasteiger partial charge in [-0.05, 0) is 25.7 Å². The van der Waals surface area contributed by atoms with E-state index in [1.54, 1.807) is 0 Å². The summed E-state index contributed by atoms with van der Waals surface area (Å²) in [5, 5.41) is 1.78. The van der Waals surface area contributed by atoms with E-state index in [1.807, 2.05) is 0 Å². The van der Waals surface area contributed by atoms with Gasteiger partial charge in [-0.15, -0.1) is 0 Å². The van der Waals surface area contributed by atoms with Crippen LogP contribution < -0.4 is 5.32 Å². The highest BCUT2D eigenvalue weighted by Crippen LogP contribution is 2.23. The molecule has 1 aliphatic rings. The van der Waals surface area contributed by atoms with Crippen LogP contribution in [-0.2, 0) is 14.6 Å². The fourth-order valence-corrected chi connectivity index (χ4v) is 2.27. The van der Waals surface area contributed by atoms with Gasteiger partial charge in [-0.2, -0.15) is 0 Å². The number of rotatable bonds is 4. The minimum Gasteiger partial charge on any atom is -0.355 e. The van der Waals surface area contributed by atoms with Gasteiger partial charge in [0, 0.05) is 12.8 Å². The van der Waals surface area contributed by atoms with Gasteiger partial charge in [-0.25, -0.2) is 8.42 Å². The molecule has 0 unspecified atom stereocenters. The molecule has 0 heterocycles. The summed E-state index contributed by atoms with van der Waals surface area (Å²) in [5.41, 5.74) is 0. The maximum Gasteiger partial charge on any atom is 0.238 e. The molecule has 0 aromatic rings. The molecule has 1 fully saturated rings. The van der Waals surface area contributed by atoms with Crippen molar-refractivity contribution >= 4 is 15.7 Å². The Bertz CT molecular complexity index is 318. The fourth-order valence-electron chi connectivity index (χ4n) is 1.80. The molecule has 0 saturated heterocycles. The summed E-state index contributed by atoms with van der Waals surface area (Å²) >= 11 is 0. The van der Waals surface area contributed by atoms with E-state index in [1.165, 1.54) is 19.8 Å². The second-order valence-corrected chi connectivity index (χ2v) is 6.73. The second kappa shape index (κ2) is 4.96. The first-order chi connectivity index (χ1) is 6.91. The van der Waals surface area contributed by atoms with Crippen molar-refractivity contribution in [2.75, 3.05) is 12.8 Å². The SMILES string of the molecule is C[C@H](C(=O)NCC1CCCC1)S(C)(=O)=O. The lowest BCUT2D eigenvalue weighted by Crippen LogP contribution is -2.39. The highest BCUT2D eigenvalue weighted by molar-refractivity contribution is 7.92. The molecular weight excluding hydrogens is 214 g/mol. The molecule has 1 amide bonds. The van der Waals surface area contributed by atoms with Crippen LogP contribution in [0, 0.1) is 5.92 Å². The molecule has 0 bridgehead atoms. The fraction of sp³-hybridized carbons (Fsp3) is 0.900. The number of amides is 1. The summed E-state index contributed by atoms with van der Waals surface area (Å²) in [5.74, 6) is 0.171. The quantitative estimate of drug-likeness (QED) is 0.778. The zero-order chi connectivity index (χ0) is 11.5. The average Bonchev–Trinajstić information content (AvgIpc) is 2.63. The Morgan fingerprint density at radius 1 is 1.40 bits per heavy atom. The van der Waals surface area contributed by atoms with Crippen molar-refractivity contribution in [1.82, 2.24) is 5.32 Å². The summed E-state index contributed by atoms with van der Waals surface area (Å²) < 4.78 is 22.2. The summed E-state index contributed by atoms with van der Waals surface area (Å²) in [7, 11) is -3.26. The van der Waals surface area contributed by atoms with E-state index in [4.69, 9.17) is 0 Å². The predicted octanol–water partition coefficient (Wildman–Crippen LogP) is 0.726. The Balaban J connectivity index is 2.35. The minimum atomic E-state index is -3.26. The van der Waals surface area contributed by atoms with Crippen LogP contribution in [0.3, 0.4) is 0 Å². The first-order valence-electron chi connectivity index (χ1n) is 5.38. The molecule has 0 aromatic heterocycles. The van der Waals surface area contributed by atoms with Gasteiger partial charge >= 0.3 is 0 Å². The number of hydrogen-bond acceptors (Lipinski definition) is 3. The summed E-state index contributed by atoms with van der Waals surface area (Å²) in [6.07, 6.45) is 5.83. The van der Waals surface area contributed by atoms with Gasteiger partial charge in [-0.1, -0.05) is 12.8 Å². The van der Waals surface area contributed by atoms with E-state index in [2.05, 4.69) is 5.32 Å². The lowest BCUT2D eigenvalue weighted by molar-refractivity contribution is -0.120. The Morgan fingerprint density at radius 2 is 1.93 bits per heavy atom. The van der Waals surface area contributed by atoms with E-state index >= 15 is 0 Å². The van der Waals surface area contributed by atoms with Gasteiger partial charge in [0.05, 0.1) is 0 Å². The topological polar surface area (TPSA) is 63.2 Å². The van der Waals surface area contributed by atoms with Crippen molar-refractivity contribution < 1.29 is 13.2 Å². The Labute approximate surface area is 91.4 Å². The maximum atomic E-state index is 11.5. The van der Waals surface area contributed by atoms with E-state index in [-0.39, 0.29) is 5.91 Å². The van der Waals surface area contributed by atoms with Crippen LogP contribution in [0.1, 0.15) is 32.6 Å². The number of carbonyl (C=O) groups excluding carboxylic acids is 1. The normalized spacial score (nSPS) is 20.1. The molecule has 1 rings (SSSR count). The van der Waals surface area contributed by atoms with Gasteiger partial charge in [-0.3, -0.25) is 4.79 Å². The standard InChI is InChI=1S/C10H19NO3S/c1-8(15(2,13)14)10(12)11-7-9-5-3-4-6-9/h8-9H,3-7H2,1-2H3,(H,11,12)/t8-/m1/s1. The van der Waals surface area contributed by atoms with Crippen LogP contribution in [0.25, 0.3) is 0 Å². The molecular formula is C10H19NO3S. The van der Waals surface area contributed by atoms with Crippen LogP contribution in [0.4, 0.5) is 0 Å². The van der Waals surface area contributed by atoms with Crippen LogP contribution in [0.5, 0.6) is 0 Å². The second-order valence-electron chi connectivity index (χ2n) is 4.37. The monoisotopic (exact) mass is 233 g/mol. The zero-order valence-corrected chi connectivity index (χ0v) is 10.1. The molecule has 4 nitrogen and oxygen atoms in total. The highest BCUT2D eigenvalue weighted by Gasteiger charge is 2.24. The van der Waals surface area contributed by atoms with Crippen molar-refractivity contribution in [1.29, 1.82) is 0 Å². The Hall–Kier alpha value is -0.580. The molecule has 1 aliphatic carbocycles. The van der Waals surface area contributed by atoms with Crippen molar-refractivity contribution in [3.63, 3.8) is 0 Å². The average molecular weight is 233 g/mol. The van der Waals surface area contributed by atoms with E-state index in [0.717, 1.165) is 19.1 Å². The lowest BCUT2D eigenvalue weighted by atomic mass is 10.1. The van der Waals surface area contributed by atoms with Gasteiger partial charge in [0.2, 0.25) is 5.91 Å². The van der Waals surface area contributed by atoms with Crippen molar-refractivity contribution in [3.05, 3.63) is 0 Å². The van der Waals surface area contributed by atoms with Crippen LogP contribution in [0.15, 0.2) is 0 Å². The molecule has 5 heteroatoms. The molecule has 0 aromatic carbocycles. The third-order valence-electron chi connectivity index (χ3n) is 3.05. The van der Waals surface area contributed by atoms with Crippen molar-refractivity contribution in [2.24, 2.45) is 5.92 Å². The van der Waals surface area contributed by atoms with Crippen LogP contribution in [-0.4, -0.2) is 32.4 Å².